The Bertz CT molecular complexity index is 935. The minimum Gasteiger partial charge on any atom is -0.296 e. The number of nitrogens with zero attached hydrogens (tertiary/aromatic N) is 4. The van der Waals surface area contributed by atoms with E-state index >= 15 is 0 Å². The summed E-state index contributed by atoms with van der Waals surface area (Å²) in [7, 11) is 0. The molecule has 0 N–H and O–H groups in total. The first-order valence-corrected chi connectivity index (χ1v) is 8.85. The summed E-state index contributed by atoms with van der Waals surface area (Å²) in [5.41, 5.74) is 3.75. The smallest absolute Gasteiger partial charge is 0.261 e. The first-order valence-electron chi connectivity index (χ1n) is 8.85. The standard InChI is InChI=1S/C20H22N4O/c1-15-17(20(25)24-13-3-2-6-19(24)22-15)9-14-23-12-4-5-18(23)16-7-10-21-11-8-16/h2-3,6-8,10-11,13,18H,4-5,9,12,14H2,1H3. The van der Waals surface area contributed by atoms with Crippen molar-refractivity contribution in [2.75, 3.05) is 13.1 Å². The summed E-state index contributed by atoms with van der Waals surface area (Å²) in [5.74, 6) is 0. The molecule has 3 aromatic heterocycles. The second-order valence-corrected chi connectivity index (χ2v) is 6.63. The quantitative estimate of drug-likeness (QED) is 0.736. The van der Waals surface area contributed by atoms with Gasteiger partial charge in [-0.2, -0.15) is 0 Å². The summed E-state index contributed by atoms with van der Waals surface area (Å²) in [6, 6.07) is 10.3. The van der Waals surface area contributed by atoms with Crippen LogP contribution in [-0.2, 0) is 6.42 Å². The predicted molar refractivity (Wildman–Crippen MR) is 97.7 cm³/mol. The van der Waals surface area contributed by atoms with Crippen LogP contribution in [0.3, 0.4) is 0 Å². The number of pyridine rings is 2. The minimum atomic E-state index is 0.0581. The Morgan fingerprint density at radius 3 is 2.88 bits per heavy atom. The van der Waals surface area contributed by atoms with Crippen LogP contribution in [0.1, 0.15) is 35.7 Å². The zero-order valence-electron chi connectivity index (χ0n) is 14.4. The Morgan fingerprint density at radius 1 is 1.20 bits per heavy atom. The first-order chi connectivity index (χ1) is 12.2. The third-order valence-electron chi connectivity index (χ3n) is 5.14. The van der Waals surface area contributed by atoms with Crippen LogP contribution in [0.5, 0.6) is 0 Å². The van der Waals surface area contributed by atoms with E-state index in [-0.39, 0.29) is 5.56 Å². The van der Waals surface area contributed by atoms with Gasteiger partial charge in [0.15, 0.2) is 0 Å². The van der Waals surface area contributed by atoms with Gasteiger partial charge < -0.3 is 0 Å². The van der Waals surface area contributed by atoms with E-state index in [4.69, 9.17) is 0 Å². The van der Waals surface area contributed by atoms with Crippen LogP contribution in [0.4, 0.5) is 0 Å². The first kappa shape index (κ1) is 16.0. The van der Waals surface area contributed by atoms with Crippen molar-refractivity contribution in [3.63, 3.8) is 0 Å². The molecule has 0 spiro atoms. The van der Waals surface area contributed by atoms with E-state index in [1.54, 1.807) is 10.6 Å². The molecule has 25 heavy (non-hydrogen) atoms. The Balaban J connectivity index is 1.57. The maximum Gasteiger partial charge on any atom is 0.261 e. The third kappa shape index (κ3) is 3.07. The lowest BCUT2D eigenvalue weighted by Gasteiger charge is -2.24. The van der Waals surface area contributed by atoms with Gasteiger partial charge in [0, 0.05) is 42.4 Å². The Morgan fingerprint density at radius 2 is 2.04 bits per heavy atom. The maximum atomic E-state index is 12.8. The molecular formula is C20H22N4O. The molecule has 0 saturated carbocycles. The third-order valence-corrected chi connectivity index (χ3v) is 5.14. The summed E-state index contributed by atoms with van der Waals surface area (Å²) >= 11 is 0. The molecule has 0 amide bonds. The molecule has 4 rings (SSSR count). The highest BCUT2D eigenvalue weighted by Gasteiger charge is 2.26. The lowest BCUT2D eigenvalue weighted by Crippen LogP contribution is -2.29. The van der Waals surface area contributed by atoms with Gasteiger partial charge in [0.25, 0.3) is 5.56 Å². The van der Waals surface area contributed by atoms with Crippen molar-refractivity contribution in [1.29, 1.82) is 0 Å². The number of fused-ring (bicyclic) bond motifs is 1. The van der Waals surface area contributed by atoms with Crippen molar-refractivity contribution in [2.45, 2.75) is 32.2 Å². The van der Waals surface area contributed by atoms with Crippen LogP contribution in [0.25, 0.3) is 5.65 Å². The van der Waals surface area contributed by atoms with Crippen molar-refractivity contribution >= 4 is 5.65 Å². The largest absolute Gasteiger partial charge is 0.296 e. The van der Waals surface area contributed by atoms with E-state index in [0.717, 1.165) is 37.2 Å². The number of aromatic nitrogens is 3. The van der Waals surface area contributed by atoms with Crippen LogP contribution in [-0.4, -0.2) is 32.4 Å². The van der Waals surface area contributed by atoms with Gasteiger partial charge >= 0.3 is 0 Å². The molecule has 0 aromatic carbocycles. The van der Waals surface area contributed by atoms with Gasteiger partial charge in [0.1, 0.15) is 5.65 Å². The minimum absolute atomic E-state index is 0.0581. The van der Waals surface area contributed by atoms with Gasteiger partial charge in [-0.25, -0.2) is 4.98 Å². The fraction of sp³-hybridized carbons (Fsp3) is 0.350. The zero-order valence-corrected chi connectivity index (χ0v) is 14.4. The molecule has 5 heteroatoms. The monoisotopic (exact) mass is 334 g/mol. The molecule has 0 radical (unpaired) electrons. The lowest BCUT2D eigenvalue weighted by atomic mass is 10.1. The molecule has 1 aliphatic rings. The number of likely N-dealkylation sites (tertiary alicyclic amines) is 1. The normalized spacial score (nSPS) is 18.0. The Labute approximate surface area is 147 Å². The van der Waals surface area contributed by atoms with Crippen LogP contribution in [0, 0.1) is 6.92 Å². The van der Waals surface area contributed by atoms with E-state index in [0.29, 0.717) is 11.7 Å². The Kier molecular flexibility index (Phi) is 4.32. The van der Waals surface area contributed by atoms with Crippen molar-refractivity contribution in [3.8, 4) is 0 Å². The van der Waals surface area contributed by atoms with Crippen molar-refractivity contribution in [2.24, 2.45) is 0 Å². The SMILES string of the molecule is Cc1nc2ccccn2c(=O)c1CCN1CCCC1c1ccncc1. The number of hydrogen-bond acceptors (Lipinski definition) is 4. The molecule has 1 fully saturated rings. The lowest BCUT2D eigenvalue weighted by molar-refractivity contribution is 0.260. The summed E-state index contributed by atoms with van der Waals surface area (Å²) < 4.78 is 1.65. The predicted octanol–water partition coefficient (Wildman–Crippen LogP) is 2.78. The fourth-order valence-electron chi connectivity index (χ4n) is 3.84. The molecule has 4 heterocycles. The van der Waals surface area contributed by atoms with E-state index in [9.17, 15) is 4.79 Å². The fourth-order valence-corrected chi connectivity index (χ4v) is 3.84. The molecule has 1 atom stereocenters. The summed E-state index contributed by atoms with van der Waals surface area (Å²) in [6.45, 7) is 3.89. The molecule has 1 aliphatic heterocycles. The van der Waals surface area contributed by atoms with Crippen LogP contribution in [0.2, 0.25) is 0 Å². The summed E-state index contributed by atoms with van der Waals surface area (Å²) in [5, 5.41) is 0. The molecule has 1 saturated heterocycles. The van der Waals surface area contributed by atoms with E-state index in [1.165, 1.54) is 12.0 Å². The van der Waals surface area contributed by atoms with E-state index in [1.807, 2.05) is 37.5 Å². The molecule has 1 unspecified atom stereocenters. The Hall–Kier alpha value is -2.53. The highest BCUT2D eigenvalue weighted by molar-refractivity contribution is 5.40. The summed E-state index contributed by atoms with van der Waals surface area (Å²) in [4.78, 5) is 24.0. The summed E-state index contributed by atoms with van der Waals surface area (Å²) in [6.07, 6.45) is 8.60. The van der Waals surface area contributed by atoms with Crippen molar-refractivity contribution < 1.29 is 0 Å². The second-order valence-electron chi connectivity index (χ2n) is 6.63. The number of hydrogen-bond donors (Lipinski definition) is 0. The van der Waals surface area contributed by atoms with Gasteiger partial charge in [-0.1, -0.05) is 6.07 Å². The molecule has 0 bridgehead atoms. The van der Waals surface area contributed by atoms with Gasteiger partial charge in [-0.15, -0.1) is 0 Å². The van der Waals surface area contributed by atoms with Gasteiger partial charge in [-0.05, 0) is 62.6 Å². The average molecular weight is 334 g/mol. The van der Waals surface area contributed by atoms with E-state index in [2.05, 4.69) is 27.0 Å². The van der Waals surface area contributed by atoms with Crippen molar-refractivity contribution in [3.05, 3.63) is 76.1 Å². The van der Waals surface area contributed by atoms with Gasteiger partial charge in [0.05, 0.1) is 0 Å². The molecule has 5 nitrogen and oxygen atoms in total. The highest BCUT2D eigenvalue weighted by Crippen LogP contribution is 2.31. The van der Waals surface area contributed by atoms with Crippen LogP contribution < -0.4 is 5.56 Å². The highest BCUT2D eigenvalue weighted by atomic mass is 16.1. The molecule has 3 aromatic rings. The zero-order chi connectivity index (χ0) is 17.2. The molecule has 128 valence electrons. The number of aryl methyl sites for hydroxylation is 1. The molecular weight excluding hydrogens is 312 g/mol. The topological polar surface area (TPSA) is 50.5 Å². The molecule has 0 aliphatic carbocycles. The van der Waals surface area contributed by atoms with Crippen LogP contribution >= 0.6 is 0 Å². The average Bonchev–Trinajstić information content (AvgIpc) is 3.11. The van der Waals surface area contributed by atoms with Crippen LogP contribution in [0.15, 0.2) is 53.7 Å². The second kappa shape index (κ2) is 6.76. The van der Waals surface area contributed by atoms with Gasteiger partial charge in [0.2, 0.25) is 0 Å². The van der Waals surface area contributed by atoms with Gasteiger partial charge in [-0.3, -0.25) is 19.1 Å². The maximum absolute atomic E-state index is 12.8. The van der Waals surface area contributed by atoms with Crippen molar-refractivity contribution in [1.82, 2.24) is 19.3 Å². The van der Waals surface area contributed by atoms with E-state index < -0.39 is 0 Å². The number of rotatable bonds is 4.